The zero-order chi connectivity index (χ0) is 12.4. The van der Waals surface area contributed by atoms with Crippen molar-refractivity contribution in [3.8, 4) is 0 Å². The van der Waals surface area contributed by atoms with Gasteiger partial charge in [0.05, 0.1) is 5.56 Å². The van der Waals surface area contributed by atoms with Crippen LogP contribution < -0.4 is 10.6 Å². The molecule has 3 heteroatoms. The number of hydrogen-bond acceptors (Lipinski definition) is 2. The Hall–Kier alpha value is -1.51. The van der Waals surface area contributed by atoms with Gasteiger partial charge in [0.25, 0.3) is 5.91 Å². The lowest BCUT2D eigenvalue weighted by Crippen LogP contribution is -2.27. The van der Waals surface area contributed by atoms with Gasteiger partial charge >= 0.3 is 0 Å². The number of carbonyl (C=O) groups excluding carboxylic acids is 1. The van der Waals surface area contributed by atoms with E-state index in [9.17, 15) is 4.79 Å². The third kappa shape index (κ3) is 2.60. The van der Waals surface area contributed by atoms with Crippen molar-refractivity contribution in [1.29, 1.82) is 0 Å². The van der Waals surface area contributed by atoms with Crippen molar-refractivity contribution in [3.05, 3.63) is 29.3 Å². The molecule has 0 bridgehead atoms. The van der Waals surface area contributed by atoms with E-state index in [4.69, 9.17) is 0 Å². The summed E-state index contributed by atoms with van der Waals surface area (Å²) in [6.07, 6.45) is 2.28. The SMILES string of the molecule is CCC1CC1NC(=O)c1cc(C)ccc1NC. The Morgan fingerprint density at radius 2 is 2.24 bits per heavy atom. The average molecular weight is 232 g/mol. The van der Waals surface area contributed by atoms with Crippen molar-refractivity contribution in [1.82, 2.24) is 5.32 Å². The van der Waals surface area contributed by atoms with Crippen LogP contribution in [0.3, 0.4) is 0 Å². The topological polar surface area (TPSA) is 41.1 Å². The molecule has 2 N–H and O–H groups in total. The molecule has 3 nitrogen and oxygen atoms in total. The van der Waals surface area contributed by atoms with Crippen molar-refractivity contribution < 1.29 is 4.79 Å². The molecule has 92 valence electrons. The fourth-order valence-electron chi connectivity index (χ4n) is 2.19. The first kappa shape index (κ1) is 12.0. The molecule has 2 unspecified atom stereocenters. The number of aryl methyl sites for hydroxylation is 1. The van der Waals surface area contributed by atoms with Gasteiger partial charge in [0, 0.05) is 18.8 Å². The maximum atomic E-state index is 12.1. The third-order valence-electron chi connectivity index (χ3n) is 3.45. The van der Waals surface area contributed by atoms with Gasteiger partial charge in [-0.1, -0.05) is 25.0 Å². The zero-order valence-corrected chi connectivity index (χ0v) is 10.7. The first-order valence-electron chi connectivity index (χ1n) is 6.25. The van der Waals surface area contributed by atoms with Crippen LogP contribution in [0.15, 0.2) is 18.2 Å². The molecule has 0 heterocycles. The highest BCUT2D eigenvalue weighted by Crippen LogP contribution is 2.33. The summed E-state index contributed by atoms with van der Waals surface area (Å²) in [5, 5.41) is 6.16. The van der Waals surface area contributed by atoms with E-state index in [2.05, 4.69) is 17.6 Å². The third-order valence-corrected chi connectivity index (χ3v) is 3.45. The molecule has 1 fully saturated rings. The molecule has 2 rings (SSSR count). The van der Waals surface area contributed by atoms with Gasteiger partial charge in [-0.3, -0.25) is 4.79 Å². The molecule has 0 radical (unpaired) electrons. The van der Waals surface area contributed by atoms with Gasteiger partial charge in [-0.2, -0.15) is 0 Å². The number of carbonyl (C=O) groups is 1. The predicted molar refractivity (Wildman–Crippen MR) is 70.4 cm³/mol. The Kier molecular flexibility index (Phi) is 3.36. The summed E-state index contributed by atoms with van der Waals surface area (Å²) >= 11 is 0. The Morgan fingerprint density at radius 3 is 2.82 bits per heavy atom. The summed E-state index contributed by atoms with van der Waals surface area (Å²) in [6.45, 7) is 4.17. The first-order valence-corrected chi connectivity index (χ1v) is 6.25. The van der Waals surface area contributed by atoms with E-state index < -0.39 is 0 Å². The lowest BCUT2D eigenvalue weighted by molar-refractivity contribution is 0.0949. The van der Waals surface area contributed by atoms with Crippen LogP contribution >= 0.6 is 0 Å². The van der Waals surface area contributed by atoms with E-state index in [1.165, 1.54) is 0 Å². The van der Waals surface area contributed by atoms with E-state index in [0.29, 0.717) is 12.0 Å². The van der Waals surface area contributed by atoms with E-state index in [1.54, 1.807) is 0 Å². The Morgan fingerprint density at radius 1 is 1.47 bits per heavy atom. The van der Waals surface area contributed by atoms with Crippen LogP contribution in [-0.4, -0.2) is 19.0 Å². The highest BCUT2D eigenvalue weighted by atomic mass is 16.1. The van der Waals surface area contributed by atoms with Gasteiger partial charge in [-0.15, -0.1) is 0 Å². The van der Waals surface area contributed by atoms with Crippen molar-refractivity contribution in [2.45, 2.75) is 32.7 Å². The maximum absolute atomic E-state index is 12.1. The number of hydrogen-bond donors (Lipinski definition) is 2. The van der Waals surface area contributed by atoms with Crippen LogP contribution in [0.1, 0.15) is 35.7 Å². The highest BCUT2D eigenvalue weighted by Gasteiger charge is 2.36. The average Bonchev–Trinajstić information content (AvgIpc) is 3.07. The Bertz CT molecular complexity index is 428. The summed E-state index contributed by atoms with van der Waals surface area (Å²) in [5.74, 6) is 0.723. The molecule has 1 aromatic rings. The molecule has 0 aromatic heterocycles. The fourth-order valence-corrected chi connectivity index (χ4v) is 2.19. The van der Waals surface area contributed by atoms with Crippen LogP contribution in [0.2, 0.25) is 0 Å². The van der Waals surface area contributed by atoms with Crippen molar-refractivity contribution in [2.75, 3.05) is 12.4 Å². The Balaban J connectivity index is 2.10. The first-order chi connectivity index (χ1) is 8.15. The molecule has 2 atom stereocenters. The minimum absolute atomic E-state index is 0.0407. The monoisotopic (exact) mass is 232 g/mol. The highest BCUT2D eigenvalue weighted by molar-refractivity contribution is 6.00. The van der Waals surface area contributed by atoms with Gasteiger partial charge in [0.1, 0.15) is 0 Å². The second-order valence-corrected chi connectivity index (χ2v) is 4.78. The maximum Gasteiger partial charge on any atom is 0.253 e. The van der Waals surface area contributed by atoms with E-state index in [0.717, 1.165) is 29.7 Å². The van der Waals surface area contributed by atoms with Crippen LogP contribution in [-0.2, 0) is 0 Å². The number of nitrogens with one attached hydrogen (secondary N) is 2. The molecule has 0 saturated heterocycles. The summed E-state index contributed by atoms with van der Waals surface area (Å²) < 4.78 is 0. The minimum atomic E-state index is 0.0407. The second-order valence-electron chi connectivity index (χ2n) is 4.78. The zero-order valence-electron chi connectivity index (χ0n) is 10.7. The van der Waals surface area contributed by atoms with Crippen LogP contribution in [0, 0.1) is 12.8 Å². The molecule has 17 heavy (non-hydrogen) atoms. The number of amides is 1. The molecular weight excluding hydrogens is 212 g/mol. The fraction of sp³-hybridized carbons (Fsp3) is 0.500. The van der Waals surface area contributed by atoms with Gasteiger partial charge in [-0.25, -0.2) is 0 Å². The summed E-state index contributed by atoms with van der Waals surface area (Å²) in [4.78, 5) is 12.1. The Labute approximate surface area is 103 Å². The van der Waals surface area contributed by atoms with E-state index in [-0.39, 0.29) is 5.91 Å². The van der Waals surface area contributed by atoms with Crippen molar-refractivity contribution in [2.24, 2.45) is 5.92 Å². The lowest BCUT2D eigenvalue weighted by Gasteiger charge is -2.10. The van der Waals surface area contributed by atoms with E-state index in [1.807, 2.05) is 32.2 Å². The molecule has 1 saturated carbocycles. The van der Waals surface area contributed by atoms with Gasteiger partial charge < -0.3 is 10.6 Å². The quantitative estimate of drug-likeness (QED) is 0.837. The van der Waals surface area contributed by atoms with Crippen molar-refractivity contribution in [3.63, 3.8) is 0 Å². The predicted octanol–water partition coefficient (Wildman–Crippen LogP) is 2.57. The molecule has 0 spiro atoms. The normalized spacial score (nSPS) is 22.1. The second kappa shape index (κ2) is 4.78. The molecule has 1 aliphatic carbocycles. The summed E-state index contributed by atoms with van der Waals surface area (Å²) in [6, 6.07) is 6.28. The molecule has 1 aliphatic rings. The van der Waals surface area contributed by atoms with Crippen LogP contribution in [0.5, 0.6) is 0 Å². The molecule has 0 aliphatic heterocycles. The summed E-state index contributed by atoms with van der Waals surface area (Å²) in [7, 11) is 1.84. The standard InChI is InChI=1S/C14H20N2O/c1-4-10-8-13(10)16-14(17)11-7-9(2)5-6-12(11)15-3/h5-7,10,13,15H,4,8H2,1-3H3,(H,16,17). The van der Waals surface area contributed by atoms with Gasteiger partial charge in [0.2, 0.25) is 0 Å². The molecule has 1 aromatic carbocycles. The van der Waals surface area contributed by atoms with Gasteiger partial charge in [-0.05, 0) is 31.4 Å². The summed E-state index contributed by atoms with van der Waals surface area (Å²) in [5.41, 5.74) is 2.74. The van der Waals surface area contributed by atoms with Crippen LogP contribution in [0.25, 0.3) is 0 Å². The van der Waals surface area contributed by atoms with E-state index >= 15 is 0 Å². The smallest absolute Gasteiger partial charge is 0.253 e. The van der Waals surface area contributed by atoms with Crippen LogP contribution in [0.4, 0.5) is 5.69 Å². The number of rotatable bonds is 4. The lowest BCUT2D eigenvalue weighted by atomic mass is 10.1. The van der Waals surface area contributed by atoms with Crippen molar-refractivity contribution >= 4 is 11.6 Å². The molecule has 1 amide bonds. The van der Waals surface area contributed by atoms with Gasteiger partial charge in [0.15, 0.2) is 0 Å². The minimum Gasteiger partial charge on any atom is -0.387 e. The number of benzene rings is 1. The number of anilines is 1. The molecular formula is C14H20N2O. The largest absolute Gasteiger partial charge is 0.387 e.